The summed E-state index contributed by atoms with van der Waals surface area (Å²) in [7, 11) is 0. The molecule has 1 fully saturated rings. The van der Waals surface area contributed by atoms with Crippen molar-refractivity contribution in [2.24, 2.45) is 0 Å². The molecule has 0 aliphatic carbocycles. The van der Waals surface area contributed by atoms with E-state index in [2.05, 4.69) is 9.97 Å². The van der Waals surface area contributed by atoms with E-state index in [1.54, 1.807) is 18.2 Å². The van der Waals surface area contributed by atoms with Crippen LogP contribution in [0, 0.1) is 0 Å². The Labute approximate surface area is 109 Å². The zero-order chi connectivity index (χ0) is 12.5. The van der Waals surface area contributed by atoms with Gasteiger partial charge in [-0.25, -0.2) is 9.78 Å². The second-order valence-corrected chi connectivity index (χ2v) is 5.82. The molecule has 18 heavy (non-hydrogen) atoms. The van der Waals surface area contributed by atoms with E-state index in [1.807, 2.05) is 11.8 Å². The number of fused-ring (bicyclic) bond motifs is 1. The predicted molar refractivity (Wildman–Crippen MR) is 72.1 cm³/mol. The SMILES string of the molecule is O=C(O)c1ccc2nc(C3CCCCS3)[nH]c2c1. The molecular formula is C13H14N2O2S. The number of aromatic amines is 1. The number of aromatic carboxylic acids is 1. The first-order chi connectivity index (χ1) is 8.74. The van der Waals surface area contributed by atoms with E-state index in [-0.39, 0.29) is 0 Å². The predicted octanol–water partition coefficient (Wildman–Crippen LogP) is 3.22. The van der Waals surface area contributed by atoms with Gasteiger partial charge in [0, 0.05) is 0 Å². The van der Waals surface area contributed by atoms with Crippen molar-refractivity contribution in [3.8, 4) is 0 Å². The molecule has 0 radical (unpaired) electrons. The maximum absolute atomic E-state index is 10.9. The summed E-state index contributed by atoms with van der Waals surface area (Å²) in [5, 5.41) is 9.39. The van der Waals surface area contributed by atoms with Gasteiger partial charge in [0.25, 0.3) is 0 Å². The number of nitrogens with zero attached hydrogens (tertiary/aromatic N) is 1. The number of thioether (sulfide) groups is 1. The molecule has 1 aromatic carbocycles. The third-order valence-corrected chi connectivity index (χ3v) is 4.62. The van der Waals surface area contributed by atoms with Gasteiger partial charge in [-0.2, -0.15) is 11.8 Å². The molecule has 3 rings (SSSR count). The number of hydrogen-bond acceptors (Lipinski definition) is 3. The largest absolute Gasteiger partial charge is 0.478 e. The van der Waals surface area contributed by atoms with Crippen molar-refractivity contribution >= 4 is 28.8 Å². The van der Waals surface area contributed by atoms with Gasteiger partial charge in [-0.05, 0) is 36.8 Å². The van der Waals surface area contributed by atoms with E-state index in [0.29, 0.717) is 10.8 Å². The number of hydrogen-bond donors (Lipinski definition) is 2. The van der Waals surface area contributed by atoms with Crippen LogP contribution in [0.1, 0.15) is 40.7 Å². The van der Waals surface area contributed by atoms with Crippen molar-refractivity contribution in [1.29, 1.82) is 0 Å². The lowest BCUT2D eigenvalue weighted by Crippen LogP contribution is -2.03. The minimum absolute atomic E-state index is 0.300. The number of carbonyl (C=O) groups is 1. The van der Waals surface area contributed by atoms with Gasteiger partial charge in [0.05, 0.1) is 21.8 Å². The summed E-state index contributed by atoms with van der Waals surface area (Å²) < 4.78 is 0. The molecule has 1 aliphatic heterocycles. The minimum atomic E-state index is -0.903. The number of imidazole rings is 1. The van der Waals surface area contributed by atoms with E-state index >= 15 is 0 Å². The van der Waals surface area contributed by atoms with Crippen LogP contribution < -0.4 is 0 Å². The summed E-state index contributed by atoms with van der Waals surface area (Å²) in [5.41, 5.74) is 1.96. The molecule has 2 aromatic rings. The summed E-state index contributed by atoms with van der Waals surface area (Å²) >= 11 is 1.93. The van der Waals surface area contributed by atoms with Gasteiger partial charge in [0.2, 0.25) is 0 Å². The zero-order valence-electron chi connectivity index (χ0n) is 9.85. The Morgan fingerprint density at radius 3 is 3.06 bits per heavy atom. The lowest BCUT2D eigenvalue weighted by molar-refractivity contribution is 0.0697. The quantitative estimate of drug-likeness (QED) is 0.872. The second kappa shape index (κ2) is 4.65. The molecule has 1 aliphatic rings. The van der Waals surface area contributed by atoms with Gasteiger partial charge in [0.15, 0.2) is 0 Å². The first-order valence-electron chi connectivity index (χ1n) is 6.08. The van der Waals surface area contributed by atoms with Crippen molar-refractivity contribution < 1.29 is 9.90 Å². The van der Waals surface area contributed by atoms with Crippen molar-refractivity contribution in [3.05, 3.63) is 29.6 Å². The molecule has 1 saturated heterocycles. The second-order valence-electron chi connectivity index (χ2n) is 4.51. The third kappa shape index (κ3) is 2.10. The average molecular weight is 262 g/mol. The Kier molecular flexibility index (Phi) is 2.99. The van der Waals surface area contributed by atoms with Crippen LogP contribution in [-0.4, -0.2) is 26.8 Å². The Morgan fingerprint density at radius 2 is 2.33 bits per heavy atom. The van der Waals surface area contributed by atoms with Crippen molar-refractivity contribution in [2.75, 3.05) is 5.75 Å². The Bertz CT molecular complexity index is 588. The fourth-order valence-corrected chi connectivity index (χ4v) is 3.53. The number of aromatic nitrogens is 2. The van der Waals surface area contributed by atoms with Crippen LogP contribution in [0.3, 0.4) is 0 Å². The molecule has 94 valence electrons. The van der Waals surface area contributed by atoms with Crippen LogP contribution in [0.15, 0.2) is 18.2 Å². The number of nitrogens with one attached hydrogen (secondary N) is 1. The molecule has 2 N–H and O–H groups in total. The van der Waals surface area contributed by atoms with Gasteiger partial charge in [-0.1, -0.05) is 6.42 Å². The fourth-order valence-electron chi connectivity index (χ4n) is 2.27. The molecule has 4 nitrogen and oxygen atoms in total. The molecule has 0 saturated carbocycles. The third-order valence-electron chi connectivity index (χ3n) is 3.23. The van der Waals surface area contributed by atoms with E-state index in [4.69, 9.17) is 5.11 Å². The highest BCUT2D eigenvalue weighted by Crippen LogP contribution is 2.37. The first-order valence-corrected chi connectivity index (χ1v) is 7.13. The highest BCUT2D eigenvalue weighted by atomic mass is 32.2. The van der Waals surface area contributed by atoms with Gasteiger partial charge in [0.1, 0.15) is 5.82 Å². The number of benzene rings is 1. The van der Waals surface area contributed by atoms with Crippen LogP contribution in [-0.2, 0) is 0 Å². The topological polar surface area (TPSA) is 66.0 Å². The zero-order valence-corrected chi connectivity index (χ0v) is 10.7. The van der Waals surface area contributed by atoms with Crippen LogP contribution in [0.2, 0.25) is 0 Å². The van der Waals surface area contributed by atoms with E-state index in [0.717, 1.165) is 23.3 Å². The van der Waals surface area contributed by atoms with Crippen LogP contribution in [0.5, 0.6) is 0 Å². The summed E-state index contributed by atoms with van der Waals surface area (Å²) in [6.45, 7) is 0. The number of H-pyrrole nitrogens is 1. The molecule has 0 amide bonds. The molecule has 2 heterocycles. The van der Waals surface area contributed by atoms with Crippen molar-refractivity contribution in [1.82, 2.24) is 9.97 Å². The van der Waals surface area contributed by atoms with E-state index in [1.165, 1.54) is 18.6 Å². The summed E-state index contributed by atoms with van der Waals surface area (Å²) in [5.74, 6) is 1.26. The number of rotatable bonds is 2. The first kappa shape index (κ1) is 11.6. The highest BCUT2D eigenvalue weighted by Gasteiger charge is 2.19. The molecule has 0 spiro atoms. The fraction of sp³-hybridized carbons (Fsp3) is 0.385. The Morgan fingerprint density at radius 1 is 1.44 bits per heavy atom. The van der Waals surface area contributed by atoms with E-state index in [9.17, 15) is 4.79 Å². The molecular weight excluding hydrogens is 248 g/mol. The standard InChI is InChI=1S/C13H14N2O2S/c16-13(17)8-4-5-9-10(7-8)15-12(14-9)11-3-1-2-6-18-11/h4-5,7,11H,1-3,6H2,(H,14,15)(H,16,17). The molecule has 0 bridgehead atoms. The van der Waals surface area contributed by atoms with Crippen molar-refractivity contribution in [3.63, 3.8) is 0 Å². The normalized spacial score (nSPS) is 20.1. The summed E-state index contributed by atoms with van der Waals surface area (Å²) in [6, 6.07) is 5.03. The maximum atomic E-state index is 10.9. The van der Waals surface area contributed by atoms with Gasteiger partial charge < -0.3 is 10.1 Å². The van der Waals surface area contributed by atoms with Crippen molar-refractivity contribution in [2.45, 2.75) is 24.5 Å². The summed E-state index contributed by atoms with van der Waals surface area (Å²) in [4.78, 5) is 18.7. The maximum Gasteiger partial charge on any atom is 0.335 e. The van der Waals surface area contributed by atoms with Gasteiger partial charge in [-0.15, -0.1) is 0 Å². The number of carboxylic acid groups (broad SMARTS) is 1. The van der Waals surface area contributed by atoms with Crippen LogP contribution in [0.25, 0.3) is 11.0 Å². The Hall–Kier alpha value is -1.49. The van der Waals surface area contributed by atoms with Crippen LogP contribution >= 0.6 is 11.8 Å². The van der Waals surface area contributed by atoms with Gasteiger partial charge >= 0.3 is 5.97 Å². The average Bonchev–Trinajstić information content (AvgIpc) is 2.82. The summed E-state index contributed by atoms with van der Waals surface area (Å²) in [6.07, 6.45) is 3.68. The molecule has 5 heteroatoms. The van der Waals surface area contributed by atoms with Gasteiger partial charge in [-0.3, -0.25) is 0 Å². The monoisotopic (exact) mass is 262 g/mol. The lowest BCUT2D eigenvalue weighted by Gasteiger charge is -2.18. The lowest BCUT2D eigenvalue weighted by atomic mass is 10.2. The minimum Gasteiger partial charge on any atom is -0.478 e. The Balaban J connectivity index is 1.97. The molecule has 1 unspecified atom stereocenters. The number of carboxylic acids is 1. The molecule has 1 atom stereocenters. The van der Waals surface area contributed by atoms with Crippen LogP contribution in [0.4, 0.5) is 0 Å². The van der Waals surface area contributed by atoms with E-state index < -0.39 is 5.97 Å². The molecule has 1 aromatic heterocycles. The highest BCUT2D eigenvalue weighted by molar-refractivity contribution is 7.99. The smallest absolute Gasteiger partial charge is 0.335 e.